The van der Waals surface area contributed by atoms with Crippen molar-refractivity contribution in [3.63, 3.8) is 0 Å². The molecule has 3 N–H and O–H groups in total. The normalized spacial score (nSPS) is 14.6. The average Bonchev–Trinajstić information content (AvgIpc) is 2.33. The van der Waals surface area contributed by atoms with Gasteiger partial charge in [-0.05, 0) is 31.0 Å². The Labute approximate surface area is 101 Å². The molecule has 4 heteroatoms. The predicted octanol–water partition coefficient (Wildman–Crippen LogP) is 1.48. The van der Waals surface area contributed by atoms with Gasteiger partial charge in [-0.15, -0.1) is 0 Å². The van der Waals surface area contributed by atoms with Crippen LogP contribution in [0.4, 0.5) is 4.39 Å². The third-order valence-corrected chi connectivity index (χ3v) is 2.68. The topological polar surface area (TPSA) is 55.5 Å². The molecule has 0 bridgehead atoms. The van der Waals surface area contributed by atoms with E-state index in [9.17, 15) is 4.39 Å². The number of aliphatic hydroxyl groups excluding tert-OH is 1. The van der Waals surface area contributed by atoms with Crippen LogP contribution in [0.15, 0.2) is 24.3 Å². The van der Waals surface area contributed by atoms with Crippen molar-refractivity contribution < 1.29 is 14.2 Å². The molecule has 1 unspecified atom stereocenters. The highest BCUT2D eigenvalue weighted by Gasteiger charge is 2.23. The fraction of sp³-hybridized carbons (Fsp3) is 0.538. The number of rotatable bonds is 7. The minimum Gasteiger partial charge on any atom is -0.396 e. The van der Waals surface area contributed by atoms with E-state index in [1.165, 1.54) is 12.1 Å². The number of benzene rings is 1. The van der Waals surface area contributed by atoms with Crippen molar-refractivity contribution in [1.29, 1.82) is 0 Å². The first kappa shape index (κ1) is 14.1. The van der Waals surface area contributed by atoms with E-state index >= 15 is 0 Å². The van der Waals surface area contributed by atoms with Crippen molar-refractivity contribution in [2.45, 2.75) is 25.4 Å². The van der Waals surface area contributed by atoms with Crippen LogP contribution in [0, 0.1) is 5.82 Å². The Morgan fingerprint density at radius 1 is 1.35 bits per heavy atom. The largest absolute Gasteiger partial charge is 0.396 e. The Bertz CT molecular complexity index is 329. The lowest BCUT2D eigenvalue weighted by Crippen LogP contribution is -2.40. The average molecular weight is 241 g/mol. The molecule has 0 aliphatic carbocycles. The van der Waals surface area contributed by atoms with E-state index in [0.717, 1.165) is 5.56 Å². The molecule has 3 nitrogen and oxygen atoms in total. The Kier molecular flexibility index (Phi) is 5.55. The van der Waals surface area contributed by atoms with Crippen molar-refractivity contribution in [3.8, 4) is 0 Å². The summed E-state index contributed by atoms with van der Waals surface area (Å²) in [5.41, 5.74) is 6.23. The summed E-state index contributed by atoms with van der Waals surface area (Å²) in [5.74, 6) is -0.246. The molecule has 0 aliphatic heterocycles. The van der Waals surface area contributed by atoms with Crippen molar-refractivity contribution >= 4 is 0 Å². The van der Waals surface area contributed by atoms with Gasteiger partial charge in [0.25, 0.3) is 0 Å². The SMILES string of the molecule is CC(CN)(Cc1ccc(F)cc1)OCCCO. The molecule has 0 aliphatic rings. The molecule has 0 aromatic heterocycles. The van der Waals surface area contributed by atoms with Gasteiger partial charge in [0.2, 0.25) is 0 Å². The summed E-state index contributed by atoms with van der Waals surface area (Å²) in [6.07, 6.45) is 1.23. The van der Waals surface area contributed by atoms with E-state index in [4.69, 9.17) is 15.6 Å². The number of aliphatic hydroxyl groups is 1. The molecule has 1 rings (SSSR count). The van der Waals surface area contributed by atoms with Gasteiger partial charge in [-0.25, -0.2) is 4.39 Å². The van der Waals surface area contributed by atoms with Gasteiger partial charge in [0, 0.05) is 26.2 Å². The van der Waals surface area contributed by atoms with E-state index in [1.807, 2.05) is 6.92 Å². The highest BCUT2D eigenvalue weighted by molar-refractivity contribution is 5.18. The monoisotopic (exact) mass is 241 g/mol. The van der Waals surface area contributed by atoms with Crippen molar-refractivity contribution in [1.82, 2.24) is 0 Å². The third-order valence-electron chi connectivity index (χ3n) is 2.68. The summed E-state index contributed by atoms with van der Waals surface area (Å²) < 4.78 is 18.4. The van der Waals surface area contributed by atoms with Crippen LogP contribution in [0.3, 0.4) is 0 Å². The van der Waals surface area contributed by atoms with Gasteiger partial charge in [0.05, 0.1) is 5.60 Å². The maximum atomic E-state index is 12.8. The first-order chi connectivity index (χ1) is 8.09. The summed E-state index contributed by atoms with van der Waals surface area (Å²) in [6.45, 7) is 2.89. The number of ether oxygens (including phenoxy) is 1. The summed E-state index contributed by atoms with van der Waals surface area (Å²) in [6, 6.07) is 6.33. The van der Waals surface area contributed by atoms with Crippen LogP contribution in [-0.4, -0.2) is 30.5 Å². The van der Waals surface area contributed by atoms with Crippen molar-refractivity contribution in [2.24, 2.45) is 5.73 Å². The molecule has 96 valence electrons. The first-order valence-electron chi connectivity index (χ1n) is 5.79. The fourth-order valence-corrected chi connectivity index (χ4v) is 1.60. The van der Waals surface area contributed by atoms with E-state index in [2.05, 4.69) is 0 Å². The Hall–Kier alpha value is -0.970. The molecule has 17 heavy (non-hydrogen) atoms. The van der Waals surface area contributed by atoms with Gasteiger partial charge in [-0.2, -0.15) is 0 Å². The van der Waals surface area contributed by atoms with E-state index in [0.29, 0.717) is 26.0 Å². The maximum absolute atomic E-state index is 12.8. The van der Waals surface area contributed by atoms with Gasteiger partial charge in [0.15, 0.2) is 0 Å². The van der Waals surface area contributed by atoms with E-state index in [1.54, 1.807) is 12.1 Å². The maximum Gasteiger partial charge on any atom is 0.123 e. The zero-order valence-corrected chi connectivity index (χ0v) is 10.2. The molecule has 1 atom stereocenters. The van der Waals surface area contributed by atoms with Crippen LogP contribution >= 0.6 is 0 Å². The fourth-order valence-electron chi connectivity index (χ4n) is 1.60. The Balaban J connectivity index is 2.58. The second-order valence-electron chi connectivity index (χ2n) is 4.38. The van der Waals surface area contributed by atoms with Crippen LogP contribution in [0.25, 0.3) is 0 Å². The number of halogens is 1. The molecule has 0 radical (unpaired) electrons. The lowest BCUT2D eigenvalue weighted by molar-refractivity contribution is -0.0292. The lowest BCUT2D eigenvalue weighted by atomic mass is 9.96. The molecule has 0 fully saturated rings. The van der Waals surface area contributed by atoms with Crippen LogP contribution in [-0.2, 0) is 11.2 Å². The Morgan fingerprint density at radius 3 is 2.53 bits per heavy atom. The van der Waals surface area contributed by atoms with Gasteiger partial charge in [0.1, 0.15) is 5.82 Å². The van der Waals surface area contributed by atoms with Crippen molar-refractivity contribution in [2.75, 3.05) is 19.8 Å². The van der Waals surface area contributed by atoms with Crippen LogP contribution < -0.4 is 5.73 Å². The summed E-state index contributed by atoms with van der Waals surface area (Å²) >= 11 is 0. The zero-order valence-electron chi connectivity index (χ0n) is 10.2. The summed E-state index contributed by atoms with van der Waals surface area (Å²) in [4.78, 5) is 0. The van der Waals surface area contributed by atoms with Gasteiger partial charge in [-0.3, -0.25) is 0 Å². The molecular formula is C13H20FNO2. The number of hydrogen-bond acceptors (Lipinski definition) is 3. The van der Waals surface area contributed by atoms with Crippen LogP contribution in [0.5, 0.6) is 0 Å². The molecule has 0 amide bonds. The molecule has 0 saturated carbocycles. The van der Waals surface area contributed by atoms with Crippen LogP contribution in [0.2, 0.25) is 0 Å². The minimum atomic E-state index is -0.465. The molecule has 0 heterocycles. The highest BCUT2D eigenvalue weighted by atomic mass is 19.1. The molecular weight excluding hydrogens is 221 g/mol. The van der Waals surface area contributed by atoms with Gasteiger partial charge < -0.3 is 15.6 Å². The second-order valence-corrected chi connectivity index (χ2v) is 4.38. The molecule has 1 aromatic rings. The minimum absolute atomic E-state index is 0.108. The standard InChI is InChI=1S/C13H20FNO2/c1-13(10-15,17-8-2-7-16)9-11-3-5-12(14)6-4-11/h3-6,16H,2,7-10,15H2,1H3. The predicted molar refractivity (Wildman–Crippen MR) is 65.2 cm³/mol. The van der Waals surface area contributed by atoms with E-state index in [-0.39, 0.29) is 12.4 Å². The molecule has 0 saturated heterocycles. The Morgan fingerprint density at radius 2 is 2.00 bits per heavy atom. The molecule has 0 spiro atoms. The lowest BCUT2D eigenvalue weighted by Gasteiger charge is -2.28. The highest BCUT2D eigenvalue weighted by Crippen LogP contribution is 2.17. The second kappa shape index (κ2) is 6.69. The van der Waals surface area contributed by atoms with Crippen molar-refractivity contribution in [3.05, 3.63) is 35.6 Å². The molecule has 1 aromatic carbocycles. The van der Waals surface area contributed by atoms with Gasteiger partial charge in [-0.1, -0.05) is 12.1 Å². The zero-order chi connectivity index (χ0) is 12.7. The summed E-state index contributed by atoms with van der Waals surface area (Å²) in [7, 11) is 0. The number of nitrogens with two attached hydrogens (primary N) is 1. The first-order valence-corrected chi connectivity index (χ1v) is 5.79. The smallest absolute Gasteiger partial charge is 0.123 e. The number of hydrogen-bond donors (Lipinski definition) is 2. The van der Waals surface area contributed by atoms with Gasteiger partial charge >= 0.3 is 0 Å². The summed E-state index contributed by atoms with van der Waals surface area (Å²) in [5, 5.41) is 8.70. The van der Waals surface area contributed by atoms with E-state index < -0.39 is 5.60 Å². The van der Waals surface area contributed by atoms with Crippen LogP contribution in [0.1, 0.15) is 18.9 Å². The quantitative estimate of drug-likeness (QED) is 0.711. The third kappa shape index (κ3) is 4.81.